The lowest BCUT2D eigenvalue weighted by Crippen LogP contribution is -2.36. The summed E-state index contributed by atoms with van der Waals surface area (Å²) in [6.45, 7) is 13.9. The average Bonchev–Trinajstić information content (AvgIpc) is 2.01. The van der Waals surface area contributed by atoms with Crippen LogP contribution < -0.4 is 5.32 Å². The zero-order valence-electron chi connectivity index (χ0n) is 11.3. The molecule has 0 amide bonds. The molecule has 0 aromatic carbocycles. The second kappa shape index (κ2) is 6.11. The third kappa shape index (κ3) is 8.43. The molecule has 0 aliphatic rings. The van der Waals surface area contributed by atoms with E-state index in [9.17, 15) is 0 Å². The molecule has 1 N–H and O–H groups in total. The standard InChI is InChI=1S/C12H27N3/c1-10(2)15(7)8-11(3)13-9-14-12(4,5)6/h9-11H,8H2,1-7H3,(H,13,14). The molecule has 0 heterocycles. The van der Waals surface area contributed by atoms with E-state index in [1.165, 1.54) is 0 Å². The van der Waals surface area contributed by atoms with Crippen molar-refractivity contribution in [1.29, 1.82) is 0 Å². The monoisotopic (exact) mass is 213 g/mol. The number of aliphatic imine (C=N–C) groups is 1. The lowest BCUT2D eigenvalue weighted by molar-refractivity contribution is 0.262. The van der Waals surface area contributed by atoms with Crippen molar-refractivity contribution in [2.45, 2.75) is 59.2 Å². The van der Waals surface area contributed by atoms with Crippen LogP contribution in [0.15, 0.2) is 4.99 Å². The highest BCUT2D eigenvalue weighted by Gasteiger charge is 2.08. The van der Waals surface area contributed by atoms with Gasteiger partial charge in [0.05, 0.1) is 12.4 Å². The van der Waals surface area contributed by atoms with Crippen LogP contribution in [0, 0.1) is 0 Å². The fourth-order valence-electron chi connectivity index (χ4n) is 1.03. The second-order valence-corrected chi connectivity index (χ2v) is 5.55. The van der Waals surface area contributed by atoms with E-state index in [1.807, 2.05) is 6.34 Å². The van der Waals surface area contributed by atoms with Gasteiger partial charge in [-0.15, -0.1) is 0 Å². The van der Waals surface area contributed by atoms with E-state index in [1.54, 1.807) is 0 Å². The maximum absolute atomic E-state index is 4.45. The summed E-state index contributed by atoms with van der Waals surface area (Å²) in [6.07, 6.45) is 1.83. The van der Waals surface area contributed by atoms with Crippen LogP contribution in [0.25, 0.3) is 0 Å². The van der Waals surface area contributed by atoms with Gasteiger partial charge in [-0.3, -0.25) is 4.99 Å². The molecule has 1 atom stereocenters. The molecule has 0 rings (SSSR count). The molecule has 1 unspecified atom stereocenters. The van der Waals surface area contributed by atoms with Crippen molar-refractivity contribution < 1.29 is 0 Å². The first kappa shape index (κ1) is 14.4. The van der Waals surface area contributed by atoms with E-state index in [0.717, 1.165) is 6.54 Å². The molecule has 15 heavy (non-hydrogen) atoms. The van der Waals surface area contributed by atoms with Crippen LogP contribution in [0.5, 0.6) is 0 Å². The van der Waals surface area contributed by atoms with Crippen molar-refractivity contribution in [1.82, 2.24) is 10.2 Å². The topological polar surface area (TPSA) is 27.6 Å². The summed E-state index contributed by atoms with van der Waals surface area (Å²) in [5.74, 6) is 0. The summed E-state index contributed by atoms with van der Waals surface area (Å²) >= 11 is 0. The Bertz CT molecular complexity index is 192. The van der Waals surface area contributed by atoms with E-state index in [-0.39, 0.29) is 5.54 Å². The highest BCUT2D eigenvalue weighted by Crippen LogP contribution is 1.99. The SMILES string of the molecule is CC(CN(C)C(C)C)N=CNC(C)(C)C. The minimum absolute atomic E-state index is 0.104. The van der Waals surface area contributed by atoms with Gasteiger partial charge in [0.25, 0.3) is 0 Å². The summed E-state index contributed by atoms with van der Waals surface area (Å²) in [6, 6.07) is 0.922. The largest absolute Gasteiger partial charge is 0.372 e. The van der Waals surface area contributed by atoms with Crippen molar-refractivity contribution in [2.24, 2.45) is 4.99 Å². The van der Waals surface area contributed by atoms with Crippen molar-refractivity contribution in [3.8, 4) is 0 Å². The highest BCUT2D eigenvalue weighted by atomic mass is 15.1. The number of likely N-dealkylation sites (N-methyl/N-ethyl adjacent to an activating group) is 1. The van der Waals surface area contributed by atoms with Gasteiger partial charge in [-0.2, -0.15) is 0 Å². The van der Waals surface area contributed by atoms with E-state index < -0.39 is 0 Å². The van der Waals surface area contributed by atoms with Gasteiger partial charge >= 0.3 is 0 Å². The quantitative estimate of drug-likeness (QED) is 0.559. The summed E-state index contributed by atoms with van der Waals surface area (Å²) in [4.78, 5) is 6.76. The fourth-order valence-corrected chi connectivity index (χ4v) is 1.03. The first-order valence-electron chi connectivity index (χ1n) is 5.72. The Morgan fingerprint density at radius 3 is 2.20 bits per heavy atom. The smallest absolute Gasteiger partial charge is 0.0831 e. The van der Waals surface area contributed by atoms with Crippen LogP contribution >= 0.6 is 0 Å². The van der Waals surface area contributed by atoms with Crippen molar-refractivity contribution in [2.75, 3.05) is 13.6 Å². The van der Waals surface area contributed by atoms with Gasteiger partial charge in [-0.25, -0.2) is 0 Å². The number of hydrogen-bond donors (Lipinski definition) is 1. The molecule has 0 radical (unpaired) electrons. The van der Waals surface area contributed by atoms with Gasteiger partial charge < -0.3 is 10.2 Å². The number of rotatable bonds is 5. The molecule has 0 aliphatic carbocycles. The summed E-state index contributed by atoms with van der Waals surface area (Å²) in [7, 11) is 2.13. The molecule has 90 valence electrons. The Labute approximate surface area is 95.0 Å². The van der Waals surface area contributed by atoms with E-state index in [0.29, 0.717) is 12.1 Å². The zero-order valence-corrected chi connectivity index (χ0v) is 11.3. The van der Waals surface area contributed by atoms with E-state index in [2.05, 4.69) is 63.8 Å². The molecule has 0 spiro atoms. The van der Waals surface area contributed by atoms with Gasteiger partial charge in [0.1, 0.15) is 0 Å². The molecule has 3 heteroatoms. The Kier molecular flexibility index (Phi) is 5.88. The van der Waals surface area contributed by atoms with Crippen LogP contribution in [0.1, 0.15) is 41.5 Å². The molecule has 0 bridgehead atoms. The molecule has 3 nitrogen and oxygen atoms in total. The number of nitrogens with one attached hydrogen (secondary N) is 1. The Balaban J connectivity index is 3.88. The lowest BCUT2D eigenvalue weighted by atomic mass is 10.1. The van der Waals surface area contributed by atoms with Gasteiger partial charge in [-0.1, -0.05) is 0 Å². The van der Waals surface area contributed by atoms with Gasteiger partial charge in [0.2, 0.25) is 0 Å². The van der Waals surface area contributed by atoms with Crippen LogP contribution in [-0.2, 0) is 0 Å². The average molecular weight is 213 g/mol. The highest BCUT2D eigenvalue weighted by molar-refractivity contribution is 5.55. The maximum atomic E-state index is 4.45. The summed E-state index contributed by atoms with van der Waals surface area (Å²) < 4.78 is 0. The predicted octanol–water partition coefficient (Wildman–Crippen LogP) is 2.13. The Hall–Kier alpha value is -0.570. The summed E-state index contributed by atoms with van der Waals surface area (Å²) in [5.41, 5.74) is 0.104. The molecule has 0 aromatic rings. The fraction of sp³-hybridized carbons (Fsp3) is 0.917. The van der Waals surface area contributed by atoms with Crippen LogP contribution in [-0.4, -0.2) is 42.5 Å². The van der Waals surface area contributed by atoms with Gasteiger partial charge in [0, 0.05) is 18.1 Å². The molecule has 0 saturated carbocycles. The second-order valence-electron chi connectivity index (χ2n) is 5.55. The lowest BCUT2D eigenvalue weighted by Gasteiger charge is -2.23. The van der Waals surface area contributed by atoms with Crippen LogP contribution in [0.2, 0.25) is 0 Å². The van der Waals surface area contributed by atoms with Crippen molar-refractivity contribution in [3.05, 3.63) is 0 Å². The number of hydrogen-bond acceptors (Lipinski definition) is 2. The van der Waals surface area contributed by atoms with Gasteiger partial charge in [-0.05, 0) is 48.6 Å². The maximum Gasteiger partial charge on any atom is 0.0831 e. The zero-order chi connectivity index (χ0) is 12.1. The summed E-state index contributed by atoms with van der Waals surface area (Å²) in [5, 5.41) is 3.25. The molecule has 0 aromatic heterocycles. The first-order chi connectivity index (χ1) is 6.72. The van der Waals surface area contributed by atoms with Crippen LogP contribution in [0.4, 0.5) is 0 Å². The molecule has 0 aliphatic heterocycles. The molecule has 0 saturated heterocycles. The molecular weight excluding hydrogens is 186 g/mol. The van der Waals surface area contributed by atoms with Crippen LogP contribution in [0.3, 0.4) is 0 Å². The third-order valence-electron chi connectivity index (χ3n) is 2.26. The van der Waals surface area contributed by atoms with Crippen molar-refractivity contribution >= 4 is 6.34 Å². The molecular formula is C12H27N3. The Morgan fingerprint density at radius 1 is 1.27 bits per heavy atom. The first-order valence-corrected chi connectivity index (χ1v) is 5.72. The van der Waals surface area contributed by atoms with E-state index in [4.69, 9.17) is 0 Å². The van der Waals surface area contributed by atoms with Crippen molar-refractivity contribution in [3.63, 3.8) is 0 Å². The van der Waals surface area contributed by atoms with Gasteiger partial charge in [0.15, 0.2) is 0 Å². The predicted molar refractivity (Wildman–Crippen MR) is 68.6 cm³/mol. The number of nitrogens with zero attached hydrogens (tertiary/aromatic N) is 2. The minimum Gasteiger partial charge on any atom is -0.372 e. The minimum atomic E-state index is 0.104. The third-order valence-corrected chi connectivity index (χ3v) is 2.26. The molecule has 0 fully saturated rings. The normalized spacial score (nSPS) is 15.3. The Morgan fingerprint density at radius 2 is 1.80 bits per heavy atom. The van der Waals surface area contributed by atoms with E-state index >= 15 is 0 Å².